The maximum atomic E-state index is 12.4. The Kier molecular flexibility index (Phi) is 3.53. The molecule has 0 atom stereocenters. The number of carbonyl (C=O) groups is 1. The Balaban J connectivity index is 1.98. The van der Waals surface area contributed by atoms with Gasteiger partial charge in [-0.1, -0.05) is 46.3 Å². The highest BCUT2D eigenvalue weighted by atomic mass is 79.9. The highest BCUT2D eigenvalue weighted by molar-refractivity contribution is 9.10. The molecule has 2 N–H and O–H groups in total. The number of carbonyl (C=O) groups excluding carboxylic acids is 1. The largest absolute Gasteiger partial charge is 0.380 e. The first-order chi connectivity index (χ1) is 10.1. The van der Waals surface area contributed by atoms with Gasteiger partial charge in [0, 0.05) is 10.0 Å². The molecule has 0 amide bonds. The molecule has 0 aliphatic heterocycles. The van der Waals surface area contributed by atoms with Gasteiger partial charge in [0.05, 0.1) is 5.69 Å². The Hall–Kier alpha value is -2.47. The number of benzene rings is 2. The molecule has 3 rings (SSSR count). The number of aromatic nitrogens is 3. The molecular weight excluding hydrogens is 332 g/mol. The minimum Gasteiger partial charge on any atom is -0.380 e. The Morgan fingerprint density at radius 3 is 2.33 bits per heavy atom. The Morgan fingerprint density at radius 1 is 1.00 bits per heavy atom. The van der Waals surface area contributed by atoms with Gasteiger partial charge >= 0.3 is 0 Å². The molecule has 1 heterocycles. The fourth-order valence-electron chi connectivity index (χ4n) is 1.90. The zero-order valence-electron chi connectivity index (χ0n) is 10.9. The van der Waals surface area contributed by atoms with E-state index in [1.165, 1.54) is 4.80 Å². The second kappa shape index (κ2) is 5.49. The lowest BCUT2D eigenvalue weighted by Gasteiger charge is -1.99. The van der Waals surface area contributed by atoms with Gasteiger partial charge in [0.2, 0.25) is 5.78 Å². The van der Waals surface area contributed by atoms with Crippen molar-refractivity contribution in [3.05, 3.63) is 70.3 Å². The molecular formula is C15H11BrN4O. The van der Waals surface area contributed by atoms with Crippen LogP contribution in [0, 0.1) is 0 Å². The zero-order chi connectivity index (χ0) is 14.8. The van der Waals surface area contributed by atoms with Crippen LogP contribution in [-0.4, -0.2) is 20.8 Å². The molecule has 0 spiro atoms. The maximum absolute atomic E-state index is 12.4. The molecule has 0 bridgehead atoms. The first kappa shape index (κ1) is 13.5. The number of halogens is 1. The summed E-state index contributed by atoms with van der Waals surface area (Å²) in [5.74, 6) is -0.122. The van der Waals surface area contributed by atoms with E-state index in [-0.39, 0.29) is 17.3 Å². The summed E-state index contributed by atoms with van der Waals surface area (Å²) in [4.78, 5) is 13.7. The van der Waals surface area contributed by atoms with Crippen LogP contribution in [0.1, 0.15) is 16.1 Å². The molecule has 0 fully saturated rings. The van der Waals surface area contributed by atoms with Crippen molar-refractivity contribution in [2.45, 2.75) is 0 Å². The fraction of sp³-hybridized carbons (Fsp3) is 0. The van der Waals surface area contributed by atoms with Crippen molar-refractivity contribution in [2.24, 2.45) is 0 Å². The second-order valence-electron chi connectivity index (χ2n) is 4.39. The molecule has 0 aliphatic rings. The normalized spacial score (nSPS) is 10.5. The summed E-state index contributed by atoms with van der Waals surface area (Å²) in [5, 5.41) is 8.31. The van der Waals surface area contributed by atoms with Gasteiger partial charge in [-0.25, -0.2) is 0 Å². The summed E-state index contributed by atoms with van der Waals surface area (Å²) in [5.41, 5.74) is 7.25. The Bertz CT molecular complexity index is 781. The van der Waals surface area contributed by atoms with E-state index in [0.717, 1.165) is 10.2 Å². The number of hydrogen-bond donors (Lipinski definition) is 1. The predicted octanol–water partition coefficient (Wildman–Crippen LogP) is 2.84. The van der Waals surface area contributed by atoms with Crippen molar-refractivity contribution in [1.82, 2.24) is 15.0 Å². The monoisotopic (exact) mass is 342 g/mol. The molecule has 5 nitrogen and oxygen atoms in total. The van der Waals surface area contributed by atoms with Crippen molar-refractivity contribution in [1.29, 1.82) is 0 Å². The first-order valence-corrected chi connectivity index (χ1v) is 7.03. The van der Waals surface area contributed by atoms with Crippen LogP contribution < -0.4 is 5.73 Å². The van der Waals surface area contributed by atoms with E-state index in [1.807, 2.05) is 30.3 Å². The van der Waals surface area contributed by atoms with Gasteiger partial charge in [-0.05, 0) is 24.3 Å². The average molecular weight is 343 g/mol. The van der Waals surface area contributed by atoms with Gasteiger partial charge < -0.3 is 5.73 Å². The van der Waals surface area contributed by atoms with E-state index in [9.17, 15) is 4.79 Å². The minimum atomic E-state index is -0.239. The lowest BCUT2D eigenvalue weighted by Crippen LogP contribution is -2.05. The molecule has 0 radical (unpaired) electrons. The highest BCUT2D eigenvalue weighted by Gasteiger charge is 2.18. The molecule has 0 unspecified atom stereocenters. The molecule has 21 heavy (non-hydrogen) atoms. The third-order valence-corrected chi connectivity index (χ3v) is 3.48. The van der Waals surface area contributed by atoms with Gasteiger partial charge in [-0.15, -0.1) is 15.0 Å². The van der Waals surface area contributed by atoms with Gasteiger partial charge in [0.1, 0.15) is 0 Å². The van der Waals surface area contributed by atoms with Crippen LogP contribution in [0.15, 0.2) is 59.1 Å². The van der Waals surface area contributed by atoms with E-state index >= 15 is 0 Å². The Morgan fingerprint density at radius 2 is 1.67 bits per heavy atom. The van der Waals surface area contributed by atoms with Crippen molar-refractivity contribution in [2.75, 3.05) is 5.73 Å². The molecule has 2 aromatic carbocycles. The number of nitrogen functional groups attached to an aromatic ring is 1. The number of nitrogens with two attached hydrogens (primary N) is 1. The summed E-state index contributed by atoms with van der Waals surface area (Å²) in [7, 11) is 0. The highest BCUT2D eigenvalue weighted by Crippen LogP contribution is 2.16. The predicted molar refractivity (Wildman–Crippen MR) is 83.3 cm³/mol. The van der Waals surface area contributed by atoms with Crippen molar-refractivity contribution < 1.29 is 4.79 Å². The van der Waals surface area contributed by atoms with E-state index < -0.39 is 0 Å². The molecule has 1 aromatic heterocycles. The molecule has 104 valence electrons. The second-order valence-corrected chi connectivity index (χ2v) is 5.31. The SMILES string of the molecule is Nc1nn(-c2ccc(Br)cc2)nc1C(=O)c1ccccc1. The van der Waals surface area contributed by atoms with E-state index in [0.29, 0.717) is 5.56 Å². The van der Waals surface area contributed by atoms with Gasteiger partial charge in [-0.2, -0.15) is 0 Å². The first-order valence-electron chi connectivity index (χ1n) is 6.23. The van der Waals surface area contributed by atoms with E-state index in [1.54, 1.807) is 24.3 Å². The summed E-state index contributed by atoms with van der Waals surface area (Å²) in [6, 6.07) is 16.3. The van der Waals surface area contributed by atoms with Gasteiger partial charge in [0.15, 0.2) is 11.5 Å². The van der Waals surface area contributed by atoms with Crippen LogP contribution in [0.25, 0.3) is 5.69 Å². The molecule has 0 saturated carbocycles. The molecule has 0 saturated heterocycles. The number of hydrogen-bond acceptors (Lipinski definition) is 4. The maximum Gasteiger partial charge on any atom is 0.217 e. The number of ketones is 1. The smallest absolute Gasteiger partial charge is 0.217 e. The quantitative estimate of drug-likeness (QED) is 0.742. The van der Waals surface area contributed by atoms with Crippen molar-refractivity contribution in [3.63, 3.8) is 0 Å². The van der Waals surface area contributed by atoms with Gasteiger partial charge in [-0.3, -0.25) is 4.79 Å². The zero-order valence-corrected chi connectivity index (χ0v) is 12.5. The van der Waals surface area contributed by atoms with Crippen LogP contribution in [0.3, 0.4) is 0 Å². The van der Waals surface area contributed by atoms with Gasteiger partial charge in [0.25, 0.3) is 0 Å². The summed E-state index contributed by atoms with van der Waals surface area (Å²) in [6.07, 6.45) is 0. The van der Waals surface area contributed by atoms with Crippen LogP contribution in [0.2, 0.25) is 0 Å². The van der Waals surface area contributed by atoms with E-state index in [2.05, 4.69) is 26.1 Å². The topological polar surface area (TPSA) is 73.8 Å². The molecule has 0 aliphatic carbocycles. The van der Waals surface area contributed by atoms with Crippen LogP contribution in [-0.2, 0) is 0 Å². The van der Waals surface area contributed by atoms with Crippen molar-refractivity contribution in [3.8, 4) is 5.69 Å². The third kappa shape index (κ3) is 2.71. The Labute approximate surface area is 129 Å². The average Bonchev–Trinajstić information content (AvgIpc) is 2.90. The van der Waals surface area contributed by atoms with Crippen molar-refractivity contribution >= 4 is 27.5 Å². The van der Waals surface area contributed by atoms with Crippen LogP contribution in [0.4, 0.5) is 5.82 Å². The third-order valence-electron chi connectivity index (χ3n) is 2.95. The molecule has 6 heteroatoms. The summed E-state index contributed by atoms with van der Waals surface area (Å²) < 4.78 is 0.951. The number of rotatable bonds is 3. The lowest BCUT2D eigenvalue weighted by atomic mass is 10.1. The van der Waals surface area contributed by atoms with Crippen LogP contribution >= 0.6 is 15.9 Å². The summed E-state index contributed by atoms with van der Waals surface area (Å²) in [6.45, 7) is 0. The van der Waals surface area contributed by atoms with Crippen LogP contribution in [0.5, 0.6) is 0 Å². The molecule has 3 aromatic rings. The van der Waals surface area contributed by atoms with E-state index in [4.69, 9.17) is 5.73 Å². The standard InChI is InChI=1S/C15H11BrN4O/c16-11-6-8-12(9-7-11)20-18-13(15(17)19-20)14(21)10-4-2-1-3-5-10/h1-9H,(H2,17,19). The fourth-order valence-corrected chi connectivity index (χ4v) is 2.16. The minimum absolute atomic E-state index is 0.117. The number of anilines is 1. The number of nitrogens with zero attached hydrogens (tertiary/aromatic N) is 3. The lowest BCUT2D eigenvalue weighted by molar-refractivity contribution is 0.103. The summed E-state index contributed by atoms with van der Waals surface area (Å²) >= 11 is 3.36.